The SMILES string of the molecule is CCN(CC)C(CNC(=O)C[C@@H]1CCC[C@H]1N)c1ccccc1.Cl.Cl. The molecule has 0 bridgehead atoms. The van der Waals surface area contributed by atoms with Crippen LogP contribution in [0.5, 0.6) is 0 Å². The minimum atomic E-state index is 0. The van der Waals surface area contributed by atoms with Crippen molar-refractivity contribution in [3.63, 3.8) is 0 Å². The summed E-state index contributed by atoms with van der Waals surface area (Å²) < 4.78 is 0. The van der Waals surface area contributed by atoms with Crippen LogP contribution in [0.1, 0.15) is 51.1 Å². The number of nitrogens with one attached hydrogen (secondary N) is 1. The average molecular weight is 390 g/mol. The molecule has 1 aliphatic carbocycles. The van der Waals surface area contributed by atoms with E-state index < -0.39 is 0 Å². The normalized spacial score (nSPS) is 20.5. The summed E-state index contributed by atoms with van der Waals surface area (Å²) in [6.45, 7) is 6.93. The van der Waals surface area contributed by atoms with Crippen molar-refractivity contribution in [3.8, 4) is 0 Å². The number of hydrogen-bond donors (Lipinski definition) is 2. The fraction of sp³-hybridized carbons (Fsp3) is 0.632. The van der Waals surface area contributed by atoms with Crippen molar-refractivity contribution in [3.05, 3.63) is 35.9 Å². The first-order valence-corrected chi connectivity index (χ1v) is 8.97. The zero-order valence-electron chi connectivity index (χ0n) is 15.3. The number of carbonyl (C=O) groups excluding carboxylic acids is 1. The molecule has 1 fully saturated rings. The molecule has 3 N–H and O–H groups in total. The number of carbonyl (C=O) groups is 1. The Morgan fingerprint density at radius 3 is 2.36 bits per heavy atom. The van der Waals surface area contributed by atoms with Crippen LogP contribution in [0.3, 0.4) is 0 Å². The summed E-state index contributed by atoms with van der Waals surface area (Å²) in [6, 6.07) is 10.9. The number of halogens is 2. The zero-order chi connectivity index (χ0) is 16.7. The lowest BCUT2D eigenvalue weighted by Crippen LogP contribution is -2.39. The van der Waals surface area contributed by atoms with Gasteiger partial charge in [0.1, 0.15) is 0 Å². The molecule has 2 rings (SSSR count). The minimum Gasteiger partial charge on any atom is -0.354 e. The second-order valence-corrected chi connectivity index (χ2v) is 6.51. The Bertz CT molecular complexity index is 483. The highest BCUT2D eigenvalue weighted by Crippen LogP contribution is 2.27. The highest BCUT2D eigenvalue weighted by atomic mass is 35.5. The fourth-order valence-corrected chi connectivity index (χ4v) is 3.64. The van der Waals surface area contributed by atoms with E-state index in [1.165, 1.54) is 5.56 Å². The molecule has 25 heavy (non-hydrogen) atoms. The molecule has 0 heterocycles. The number of rotatable bonds is 8. The topological polar surface area (TPSA) is 58.4 Å². The van der Waals surface area contributed by atoms with Gasteiger partial charge in [-0.25, -0.2) is 0 Å². The maximum Gasteiger partial charge on any atom is 0.220 e. The Balaban J connectivity index is 0.00000288. The Hall–Kier alpha value is -0.810. The predicted octanol–water partition coefficient (Wildman–Crippen LogP) is 3.55. The summed E-state index contributed by atoms with van der Waals surface area (Å²) in [5.41, 5.74) is 7.34. The lowest BCUT2D eigenvalue weighted by molar-refractivity contribution is -0.122. The Kier molecular flexibility index (Phi) is 12.1. The molecule has 1 unspecified atom stereocenters. The maximum atomic E-state index is 12.3. The molecule has 6 heteroatoms. The minimum absolute atomic E-state index is 0. The summed E-state index contributed by atoms with van der Waals surface area (Å²) in [6.07, 6.45) is 3.88. The lowest BCUT2D eigenvalue weighted by Gasteiger charge is -2.30. The highest BCUT2D eigenvalue weighted by molar-refractivity contribution is 5.85. The Morgan fingerprint density at radius 2 is 1.84 bits per heavy atom. The highest BCUT2D eigenvalue weighted by Gasteiger charge is 2.26. The van der Waals surface area contributed by atoms with Gasteiger partial charge < -0.3 is 11.1 Å². The van der Waals surface area contributed by atoms with Gasteiger partial charge in [0.2, 0.25) is 5.91 Å². The van der Waals surface area contributed by atoms with Gasteiger partial charge >= 0.3 is 0 Å². The van der Waals surface area contributed by atoms with Gasteiger partial charge in [-0.1, -0.05) is 50.6 Å². The number of hydrogen-bond acceptors (Lipinski definition) is 3. The van der Waals surface area contributed by atoms with Crippen molar-refractivity contribution in [2.24, 2.45) is 11.7 Å². The van der Waals surface area contributed by atoms with Crippen molar-refractivity contribution in [1.29, 1.82) is 0 Å². The number of nitrogens with zero attached hydrogens (tertiary/aromatic N) is 1. The van der Waals surface area contributed by atoms with Gasteiger partial charge in [0.05, 0.1) is 6.04 Å². The first kappa shape index (κ1) is 24.2. The van der Waals surface area contributed by atoms with E-state index in [0.717, 1.165) is 32.4 Å². The molecule has 1 saturated carbocycles. The van der Waals surface area contributed by atoms with Crippen LogP contribution in [-0.2, 0) is 4.79 Å². The molecule has 1 aliphatic rings. The van der Waals surface area contributed by atoms with Crippen LogP contribution in [-0.4, -0.2) is 36.5 Å². The monoisotopic (exact) mass is 389 g/mol. The molecule has 0 spiro atoms. The van der Waals surface area contributed by atoms with E-state index in [1.807, 2.05) is 6.07 Å². The molecule has 1 amide bonds. The summed E-state index contributed by atoms with van der Waals surface area (Å²) in [5.74, 6) is 0.499. The molecule has 0 saturated heterocycles. The maximum absolute atomic E-state index is 12.3. The molecule has 4 nitrogen and oxygen atoms in total. The second kappa shape index (κ2) is 12.5. The van der Waals surface area contributed by atoms with Gasteiger partial charge in [-0.05, 0) is 37.4 Å². The standard InChI is InChI=1S/C19H31N3O.2ClH/c1-3-22(4-2)18(15-9-6-5-7-10-15)14-21-19(23)13-16-11-8-12-17(16)20;;/h5-7,9-10,16-18H,3-4,8,11-14,20H2,1-2H3,(H,21,23);2*1H/t16-,17+,18?;;/m0../s1. The van der Waals surface area contributed by atoms with Gasteiger partial charge in [0.25, 0.3) is 0 Å². The second-order valence-electron chi connectivity index (χ2n) is 6.51. The van der Waals surface area contributed by atoms with Gasteiger partial charge in [-0.3, -0.25) is 9.69 Å². The zero-order valence-corrected chi connectivity index (χ0v) is 17.0. The molecule has 0 radical (unpaired) electrons. The summed E-state index contributed by atoms with van der Waals surface area (Å²) in [4.78, 5) is 14.7. The van der Waals surface area contributed by atoms with Crippen molar-refractivity contribution < 1.29 is 4.79 Å². The van der Waals surface area contributed by atoms with Crippen LogP contribution < -0.4 is 11.1 Å². The van der Waals surface area contributed by atoms with Crippen molar-refractivity contribution in [2.75, 3.05) is 19.6 Å². The molecular formula is C19H33Cl2N3O. The van der Waals surface area contributed by atoms with Gasteiger partial charge in [0, 0.05) is 19.0 Å². The van der Waals surface area contributed by atoms with Crippen molar-refractivity contribution in [2.45, 2.75) is 51.6 Å². The van der Waals surface area contributed by atoms with E-state index in [1.54, 1.807) is 0 Å². The summed E-state index contributed by atoms with van der Waals surface area (Å²) >= 11 is 0. The fourth-order valence-electron chi connectivity index (χ4n) is 3.64. The van der Waals surface area contributed by atoms with E-state index in [-0.39, 0.29) is 42.8 Å². The molecule has 3 atom stereocenters. The molecular weight excluding hydrogens is 357 g/mol. The van der Waals surface area contributed by atoms with E-state index in [2.05, 4.69) is 48.3 Å². The molecule has 0 aromatic heterocycles. The predicted molar refractivity (Wildman–Crippen MR) is 110 cm³/mol. The molecule has 1 aromatic carbocycles. The van der Waals surface area contributed by atoms with E-state index in [4.69, 9.17) is 5.73 Å². The van der Waals surface area contributed by atoms with Crippen LogP contribution in [0, 0.1) is 5.92 Å². The number of benzene rings is 1. The number of likely N-dealkylation sites (N-methyl/N-ethyl adjacent to an activating group) is 1. The quantitative estimate of drug-likeness (QED) is 0.714. The van der Waals surface area contributed by atoms with Crippen LogP contribution in [0.15, 0.2) is 30.3 Å². The third-order valence-corrected chi connectivity index (χ3v) is 5.10. The first-order valence-electron chi connectivity index (χ1n) is 8.97. The van der Waals surface area contributed by atoms with Gasteiger partial charge in [-0.15, -0.1) is 24.8 Å². The van der Waals surface area contributed by atoms with Gasteiger partial charge in [0.15, 0.2) is 0 Å². The van der Waals surface area contributed by atoms with Crippen LogP contribution in [0.2, 0.25) is 0 Å². The Morgan fingerprint density at radius 1 is 1.20 bits per heavy atom. The first-order chi connectivity index (χ1) is 11.2. The van der Waals surface area contributed by atoms with E-state index in [9.17, 15) is 4.79 Å². The third kappa shape index (κ3) is 7.14. The third-order valence-electron chi connectivity index (χ3n) is 5.10. The number of nitrogens with two attached hydrogens (primary N) is 1. The summed E-state index contributed by atoms with van der Waals surface area (Å²) in [5, 5.41) is 3.14. The van der Waals surface area contributed by atoms with Crippen LogP contribution in [0.4, 0.5) is 0 Å². The van der Waals surface area contributed by atoms with Crippen LogP contribution >= 0.6 is 24.8 Å². The van der Waals surface area contributed by atoms with Crippen LogP contribution in [0.25, 0.3) is 0 Å². The van der Waals surface area contributed by atoms with Crippen molar-refractivity contribution >= 4 is 30.7 Å². The largest absolute Gasteiger partial charge is 0.354 e. The molecule has 1 aromatic rings. The smallest absolute Gasteiger partial charge is 0.220 e. The Labute approximate surface area is 164 Å². The van der Waals surface area contributed by atoms with Crippen molar-refractivity contribution in [1.82, 2.24) is 10.2 Å². The summed E-state index contributed by atoms with van der Waals surface area (Å²) in [7, 11) is 0. The molecule has 0 aliphatic heterocycles. The average Bonchev–Trinajstić information content (AvgIpc) is 2.97. The van der Waals surface area contributed by atoms with E-state index >= 15 is 0 Å². The van der Waals surface area contributed by atoms with Gasteiger partial charge in [-0.2, -0.15) is 0 Å². The molecule has 144 valence electrons. The number of amides is 1. The lowest BCUT2D eigenvalue weighted by atomic mass is 9.99. The van der Waals surface area contributed by atoms with E-state index in [0.29, 0.717) is 18.9 Å².